The molecule has 0 saturated carbocycles. The third-order valence-corrected chi connectivity index (χ3v) is 3.88. The first-order valence-electron chi connectivity index (χ1n) is 7.06. The monoisotopic (exact) mass is 266 g/mol. The van der Waals surface area contributed by atoms with Gasteiger partial charge in [-0.3, -0.25) is 9.78 Å². The van der Waals surface area contributed by atoms with Crippen molar-refractivity contribution in [2.24, 2.45) is 5.92 Å². The molecule has 1 aliphatic rings. The molecular formula is C17H18N2O. The van der Waals surface area contributed by atoms with Crippen LogP contribution in [0, 0.1) is 5.92 Å². The molecule has 2 aromatic rings. The molecule has 1 aliphatic carbocycles. The lowest BCUT2D eigenvalue weighted by Gasteiger charge is -2.10. The number of pyridine rings is 1. The van der Waals surface area contributed by atoms with Gasteiger partial charge >= 0.3 is 0 Å². The Kier molecular flexibility index (Phi) is 3.77. The van der Waals surface area contributed by atoms with Crippen LogP contribution in [0.25, 0.3) is 0 Å². The van der Waals surface area contributed by atoms with Crippen LogP contribution in [0.4, 0.5) is 0 Å². The van der Waals surface area contributed by atoms with E-state index < -0.39 is 0 Å². The van der Waals surface area contributed by atoms with Crippen molar-refractivity contribution in [2.45, 2.75) is 19.3 Å². The Balaban J connectivity index is 1.49. The molecule has 1 amide bonds. The van der Waals surface area contributed by atoms with Gasteiger partial charge in [-0.2, -0.15) is 0 Å². The van der Waals surface area contributed by atoms with E-state index in [9.17, 15) is 4.79 Å². The highest BCUT2D eigenvalue weighted by atomic mass is 16.1. The summed E-state index contributed by atoms with van der Waals surface area (Å²) in [5, 5.41) is 3.05. The van der Waals surface area contributed by atoms with Gasteiger partial charge in [-0.15, -0.1) is 0 Å². The van der Waals surface area contributed by atoms with Crippen molar-refractivity contribution in [2.75, 3.05) is 6.54 Å². The van der Waals surface area contributed by atoms with Gasteiger partial charge in [-0.25, -0.2) is 0 Å². The molecule has 0 spiro atoms. The quantitative estimate of drug-likeness (QED) is 0.921. The van der Waals surface area contributed by atoms with Crippen LogP contribution >= 0.6 is 0 Å². The summed E-state index contributed by atoms with van der Waals surface area (Å²) >= 11 is 0. The first-order valence-corrected chi connectivity index (χ1v) is 7.06. The van der Waals surface area contributed by atoms with Crippen molar-refractivity contribution in [1.82, 2.24) is 10.3 Å². The fourth-order valence-electron chi connectivity index (χ4n) is 2.77. The van der Waals surface area contributed by atoms with E-state index >= 15 is 0 Å². The maximum absolute atomic E-state index is 12.2. The van der Waals surface area contributed by atoms with Gasteiger partial charge in [-0.05, 0) is 48.1 Å². The van der Waals surface area contributed by atoms with E-state index in [1.54, 1.807) is 12.4 Å². The minimum Gasteiger partial charge on any atom is -0.356 e. The van der Waals surface area contributed by atoms with Crippen molar-refractivity contribution >= 4 is 5.91 Å². The molecular weight excluding hydrogens is 248 g/mol. The largest absolute Gasteiger partial charge is 0.356 e. The Hall–Kier alpha value is -2.16. The fourth-order valence-corrected chi connectivity index (χ4v) is 2.77. The van der Waals surface area contributed by atoms with E-state index in [-0.39, 0.29) is 11.8 Å². The minimum absolute atomic E-state index is 0.102. The Morgan fingerprint density at radius 2 is 1.75 bits per heavy atom. The highest BCUT2D eigenvalue weighted by molar-refractivity contribution is 5.80. The average Bonchev–Trinajstić information content (AvgIpc) is 2.92. The number of nitrogens with one attached hydrogen (secondary N) is 1. The number of fused-ring (bicyclic) bond motifs is 1. The summed E-state index contributed by atoms with van der Waals surface area (Å²) in [7, 11) is 0. The third-order valence-electron chi connectivity index (χ3n) is 3.88. The molecule has 1 heterocycles. The van der Waals surface area contributed by atoms with Gasteiger partial charge in [0, 0.05) is 24.9 Å². The second kappa shape index (κ2) is 5.87. The highest BCUT2D eigenvalue weighted by Gasteiger charge is 2.26. The number of rotatable bonds is 4. The standard InChI is InChI=1S/C17H18N2O/c20-17(19-10-7-13-5-8-18-9-6-13)16-11-14-3-1-2-4-15(14)12-16/h1-6,8-9,16H,7,10-12H2,(H,19,20). The molecule has 0 bridgehead atoms. The number of carbonyl (C=O) groups excluding carboxylic acids is 1. The third kappa shape index (κ3) is 2.87. The summed E-state index contributed by atoms with van der Waals surface area (Å²) in [4.78, 5) is 16.2. The lowest BCUT2D eigenvalue weighted by atomic mass is 10.1. The number of aromatic nitrogens is 1. The Bertz CT molecular complexity index is 570. The molecule has 0 fully saturated rings. The molecule has 1 aromatic carbocycles. The fraction of sp³-hybridized carbons (Fsp3) is 0.294. The van der Waals surface area contributed by atoms with Gasteiger partial charge in [0.2, 0.25) is 5.91 Å². The molecule has 3 heteroatoms. The van der Waals surface area contributed by atoms with Gasteiger partial charge in [0.15, 0.2) is 0 Å². The van der Waals surface area contributed by atoms with Crippen LogP contribution in [0.2, 0.25) is 0 Å². The average molecular weight is 266 g/mol. The zero-order chi connectivity index (χ0) is 13.8. The molecule has 1 aromatic heterocycles. The lowest BCUT2D eigenvalue weighted by molar-refractivity contribution is -0.124. The van der Waals surface area contributed by atoms with Crippen LogP contribution in [0.3, 0.4) is 0 Å². The summed E-state index contributed by atoms with van der Waals surface area (Å²) in [6.07, 6.45) is 6.16. The molecule has 3 rings (SSSR count). The van der Waals surface area contributed by atoms with Gasteiger partial charge < -0.3 is 5.32 Å². The Labute approximate surface area is 119 Å². The molecule has 0 unspecified atom stereocenters. The van der Waals surface area contributed by atoms with Crippen molar-refractivity contribution in [1.29, 1.82) is 0 Å². The van der Waals surface area contributed by atoms with Gasteiger partial charge in [-0.1, -0.05) is 24.3 Å². The predicted molar refractivity (Wildman–Crippen MR) is 78.3 cm³/mol. The van der Waals surface area contributed by atoms with Crippen LogP contribution in [0.1, 0.15) is 16.7 Å². The van der Waals surface area contributed by atoms with Gasteiger partial charge in [0.05, 0.1) is 0 Å². The van der Waals surface area contributed by atoms with Crippen LogP contribution < -0.4 is 5.32 Å². The summed E-state index contributed by atoms with van der Waals surface area (Å²) in [5.41, 5.74) is 3.85. The summed E-state index contributed by atoms with van der Waals surface area (Å²) in [6, 6.07) is 12.3. The lowest BCUT2D eigenvalue weighted by Crippen LogP contribution is -2.32. The highest BCUT2D eigenvalue weighted by Crippen LogP contribution is 2.26. The predicted octanol–water partition coefficient (Wildman–Crippen LogP) is 2.16. The zero-order valence-corrected chi connectivity index (χ0v) is 11.4. The van der Waals surface area contributed by atoms with E-state index in [0.29, 0.717) is 6.54 Å². The van der Waals surface area contributed by atoms with Crippen molar-refractivity contribution < 1.29 is 4.79 Å². The molecule has 3 nitrogen and oxygen atoms in total. The number of amides is 1. The second-order valence-electron chi connectivity index (χ2n) is 5.27. The van der Waals surface area contributed by atoms with Gasteiger partial charge in [0.25, 0.3) is 0 Å². The smallest absolute Gasteiger partial charge is 0.223 e. The molecule has 1 N–H and O–H groups in total. The Morgan fingerprint density at radius 3 is 2.40 bits per heavy atom. The van der Waals surface area contributed by atoms with E-state index in [1.165, 1.54) is 16.7 Å². The van der Waals surface area contributed by atoms with E-state index in [4.69, 9.17) is 0 Å². The minimum atomic E-state index is 0.102. The molecule has 102 valence electrons. The molecule has 0 radical (unpaired) electrons. The number of benzene rings is 1. The number of nitrogens with zero attached hydrogens (tertiary/aromatic N) is 1. The topological polar surface area (TPSA) is 42.0 Å². The van der Waals surface area contributed by atoms with E-state index in [2.05, 4.69) is 22.4 Å². The maximum Gasteiger partial charge on any atom is 0.223 e. The Morgan fingerprint density at radius 1 is 1.10 bits per heavy atom. The summed E-state index contributed by atoms with van der Waals surface area (Å²) in [6.45, 7) is 0.690. The molecule has 0 atom stereocenters. The summed E-state index contributed by atoms with van der Waals surface area (Å²) in [5.74, 6) is 0.278. The van der Waals surface area contributed by atoms with Crippen LogP contribution in [-0.2, 0) is 24.1 Å². The zero-order valence-electron chi connectivity index (χ0n) is 11.4. The van der Waals surface area contributed by atoms with Gasteiger partial charge in [0.1, 0.15) is 0 Å². The normalized spacial score (nSPS) is 14.0. The number of hydrogen-bond acceptors (Lipinski definition) is 2. The van der Waals surface area contributed by atoms with E-state index in [1.807, 2.05) is 24.3 Å². The molecule has 0 saturated heterocycles. The van der Waals surface area contributed by atoms with Crippen molar-refractivity contribution in [3.63, 3.8) is 0 Å². The molecule has 0 aliphatic heterocycles. The SMILES string of the molecule is O=C(NCCc1ccncc1)C1Cc2ccccc2C1. The van der Waals surface area contributed by atoms with Crippen LogP contribution in [0.15, 0.2) is 48.8 Å². The van der Waals surface area contributed by atoms with E-state index in [0.717, 1.165) is 19.3 Å². The van der Waals surface area contributed by atoms with Crippen molar-refractivity contribution in [3.05, 3.63) is 65.5 Å². The second-order valence-corrected chi connectivity index (χ2v) is 5.27. The maximum atomic E-state index is 12.2. The van der Waals surface area contributed by atoms with Crippen molar-refractivity contribution in [3.8, 4) is 0 Å². The summed E-state index contributed by atoms with van der Waals surface area (Å²) < 4.78 is 0. The number of hydrogen-bond donors (Lipinski definition) is 1. The first-order chi connectivity index (χ1) is 9.83. The van der Waals surface area contributed by atoms with Crippen LogP contribution in [-0.4, -0.2) is 17.4 Å². The first kappa shape index (κ1) is 12.9. The molecule has 20 heavy (non-hydrogen) atoms. The van der Waals surface area contributed by atoms with Crippen LogP contribution in [0.5, 0.6) is 0 Å². The number of carbonyl (C=O) groups is 1.